The molecule has 0 unspecified atom stereocenters. The number of nitrogens with zero attached hydrogens (tertiary/aromatic N) is 2. The molecule has 2 rings (SSSR count). The van der Waals surface area contributed by atoms with E-state index < -0.39 is 5.97 Å². The van der Waals surface area contributed by atoms with Crippen LogP contribution < -0.4 is 0 Å². The third-order valence-electron chi connectivity index (χ3n) is 2.63. The number of hydrogen-bond acceptors (Lipinski definition) is 2. The first-order chi connectivity index (χ1) is 8.00. The minimum Gasteiger partial charge on any atom is -0.478 e. The summed E-state index contributed by atoms with van der Waals surface area (Å²) >= 11 is 3.39. The lowest BCUT2D eigenvalue weighted by atomic mass is 10.2. The van der Waals surface area contributed by atoms with Crippen molar-refractivity contribution in [3.63, 3.8) is 0 Å². The van der Waals surface area contributed by atoms with Crippen LogP contribution in [0.3, 0.4) is 0 Å². The third kappa shape index (κ3) is 2.10. The van der Waals surface area contributed by atoms with Gasteiger partial charge >= 0.3 is 5.97 Å². The van der Waals surface area contributed by atoms with Crippen LogP contribution in [-0.4, -0.2) is 20.9 Å². The highest BCUT2D eigenvalue weighted by atomic mass is 79.9. The standard InChI is InChI=1S/C12H11BrN2O2/c1-7-5-9(13)3-4-11(7)15-8(2)10(6-14-15)12(16)17/h3-6H,1-2H3,(H,16,17). The summed E-state index contributed by atoms with van der Waals surface area (Å²) < 4.78 is 2.63. The first-order valence-corrected chi connectivity index (χ1v) is 5.84. The van der Waals surface area contributed by atoms with Gasteiger partial charge < -0.3 is 5.11 Å². The molecule has 1 aromatic heterocycles. The Morgan fingerprint density at radius 3 is 2.65 bits per heavy atom. The second-order valence-electron chi connectivity index (χ2n) is 3.79. The summed E-state index contributed by atoms with van der Waals surface area (Å²) in [6.45, 7) is 3.71. The van der Waals surface area contributed by atoms with E-state index in [1.54, 1.807) is 11.6 Å². The number of hydrogen-bond donors (Lipinski definition) is 1. The predicted octanol–water partition coefficient (Wildman–Crippen LogP) is 2.95. The second-order valence-corrected chi connectivity index (χ2v) is 4.71. The Morgan fingerprint density at radius 1 is 1.41 bits per heavy atom. The maximum atomic E-state index is 10.9. The van der Waals surface area contributed by atoms with Gasteiger partial charge in [0.1, 0.15) is 5.56 Å². The first-order valence-electron chi connectivity index (χ1n) is 5.05. The van der Waals surface area contributed by atoms with Crippen molar-refractivity contribution in [1.29, 1.82) is 0 Å². The molecule has 0 spiro atoms. The zero-order chi connectivity index (χ0) is 12.6. The van der Waals surface area contributed by atoms with Gasteiger partial charge in [-0.2, -0.15) is 5.10 Å². The van der Waals surface area contributed by atoms with E-state index in [-0.39, 0.29) is 5.56 Å². The summed E-state index contributed by atoms with van der Waals surface area (Å²) in [6.07, 6.45) is 1.37. The molecule has 0 bridgehead atoms. The van der Waals surface area contributed by atoms with Crippen LogP contribution in [0.4, 0.5) is 0 Å². The van der Waals surface area contributed by atoms with Crippen molar-refractivity contribution in [2.75, 3.05) is 0 Å². The Bertz CT molecular complexity index is 590. The number of carbonyl (C=O) groups is 1. The van der Waals surface area contributed by atoms with Gasteiger partial charge in [0.05, 0.1) is 17.6 Å². The topological polar surface area (TPSA) is 55.1 Å². The van der Waals surface area contributed by atoms with E-state index in [1.165, 1.54) is 6.20 Å². The van der Waals surface area contributed by atoms with Crippen molar-refractivity contribution >= 4 is 21.9 Å². The summed E-state index contributed by atoms with van der Waals surface area (Å²) in [5.74, 6) is -0.955. The molecule has 1 heterocycles. The lowest BCUT2D eigenvalue weighted by molar-refractivity contribution is 0.0696. The highest BCUT2D eigenvalue weighted by Crippen LogP contribution is 2.21. The number of benzene rings is 1. The van der Waals surface area contributed by atoms with Crippen LogP contribution in [0.25, 0.3) is 5.69 Å². The van der Waals surface area contributed by atoms with Crippen molar-refractivity contribution < 1.29 is 9.90 Å². The number of halogens is 1. The normalized spacial score (nSPS) is 10.5. The van der Waals surface area contributed by atoms with Crippen LogP contribution in [-0.2, 0) is 0 Å². The number of aromatic carboxylic acids is 1. The average molecular weight is 295 g/mol. The molecule has 0 atom stereocenters. The minimum absolute atomic E-state index is 0.229. The third-order valence-corrected chi connectivity index (χ3v) is 3.12. The van der Waals surface area contributed by atoms with Gasteiger partial charge in [0.25, 0.3) is 0 Å². The number of aryl methyl sites for hydroxylation is 1. The fourth-order valence-corrected chi connectivity index (χ4v) is 2.19. The molecule has 0 radical (unpaired) electrons. The molecule has 17 heavy (non-hydrogen) atoms. The molecule has 1 aromatic carbocycles. The summed E-state index contributed by atoms with van der Waals surface area (Å²) in [7, 11) is 0. The van der Waals surface area contributed by atoms with Gasteiger partial charge in [-0.1, -0.05) is 15.9 Å². The van der Waals surface area contributed by atoms with Crippen molar-refractivity contribution in [2.45, 2.75) is 13.8 Å². The van der Waals surface area contributed by atoms with Crippen LogP contribution >= 0.6 is 15.9 Å². The van der Waals surface area contributed by atoms with E-state index in [4.69, 9.17) is 5.11 Å². The summed E-state index contributed by atoms with van der Waals surface area (Å²) in [4.78, 5) is 10.9. The quantitative estimate of drug-likeness (QED) is 0.926. The lowest BCUT2D eigenvalue weighted by Gasteiger charge is -2.08. The van der Waals surface area contributed by atoms with Gasteiger partial charge in [-0.05, 0) is 37.6 Å². The highest BCUT2D eigenvalue weighted by Gasteiger charge is 2.14. The molecule has 0 aliphatic rings. The van der Waals surface area contributed by atoms with Crippen LogP contribution in [0, 0.1) is 13.8 Å². The molecule has 0 fully saturated rings. The van der Waals surface area contributed by atoms with Crippen molar-refractivity contribution in [1.82, 2.24) is 9.78 Å². The van der Waals surface area contributed by atoms with Gasteiger partial charge in [0.15, 0.2) is 0 Å². The van der Waals surface area contributed by atoms with Crippen LogP contribution in [0.5, 0.6) is 0 Å². The van der Waals surface area contributed by atoms with E-state index in [9.17, 15) is 4.79 Å². The molecular weight excluding hydrogens is 284 g/mol. The Hall–Kier alpha value is -1.62. The molecular formula is C12H11BrN2O2. The van der Waals surface area contributed by atoms with Gasteiger partial charge in [0, 0.05) is 4.47 Å². The van der Waals surface area contributed by atoms with Gasteiger partial charge in [-0.25, -0.2) is 9.48 Å². The lowest BCUT2D eigenvalue weighted by Crippen LogP contribution is -2.03. The highest BCUT2D eigenvalue weighted by molar-refractivity contribution is 9.10. The molecule has 0 aliphatic carbocycles. The fraction of sp³-hybridized carbons (Fsp3) is 0.167. The Balaban J connectivity index is 2.57. The molecule has 0 aliphatic heterocycles. The minimum atomic E-state index is -0.955. The van der Waals surface area contributed by atoms with E-state index in [2.05, 4.69) is 21.0 Å². The monoisotopic (exact) mass is 294 g/mol. The molecule has 0 amide bonds. The predicted molar refractivity (Wildman–Crippen MR) is 67.7 cm³/mol. The number of carboxylic acids is 1. The molecule has 5 heteroatoms. The Labute approximate surface area is 107 Å². The number of rotatable bonds is 2. The smallest absolute Gasteiger partial charge is 0.339 e. The SMILES string of the molecule is Cc1cc(Br)ccc1-n1ncc(C(=O)O)c1C. The van der Waals surface area contributed by atoms with Crippen molar-refractivity contribution in [3.05, 3.63) is 45.7 Å². The molecule has 2 aromatic rings. The second kappa shape index (κ2) is 4.33. The maximum absolute atomic E-state index is 10.9. The largest absolute Gasteiger partial charge is 0.478 e. The molecule has 0 saturated heterocycles. The van der Waals surface area contributed by atoms with Crippen LogP contribution in [0.2, 0.25) is 0 Å². The summed E-state index contributed by atoms with van der Waals surface area (Å²) in [5, 5.41) is 13.1. The average Bonchev–Trinajstić information content (AvgIpc) is 2.60. The van der Waals surface area contributed by atoms with Crippen LogP contribution in [0.1, 0.15) is 21.6 Å². The van der Waals surface area contributed by atoms with E-state index in [0.717, 1.165) is 15.7 Å². The van der Waals surface area contributed by atoms with Gasteiger partial charge in [-0.15, -0.1) is 0 Å². The van der Waals surface area contributed by atoms with Crippen LogP contribution in [0.15, 0.2) is 28.9 Å². The Morgan fingerprint density at radius 2 is 2.12 bits per heavy atom. The van der Waals surface area contributed by atoms with Gasteiger partial charge in [-0.3, -0.25) is 0 Å². The fourth-order valence-electron chi connectivity index (χ4n) is 1.72. The van der Waals surface area contributed by atoms with E-state index in [1.807, 2.05) is 25.1 Å². The van der Waals surface area contributed by atoms with E-state index in [0.29, 0.717) is 5.69 Å². The zero-order valence-corrected chi connectivity index (χ0v) is 11.0. The molecule has 88 valence electrons. The van der Waals surface area contributed by atoms with Crippen molar-refractivity contribution in [2.24, 2.45) is 0 Å². The Kier molecular flexibility index (Phi) is 3.02. The number of carboxylic acid groups (broad SMARTS) is 1. The molecule has 1 N–H and O–H groups in total. The zero-order valence-electron chi connectivity index (χ0n) is 9.44. The summed E-state index contributed by atoms with van der Waals surface area (Å²) in [6, 6.07) is 5.78. The maximum Gasteiger partial charge on any atom is 0.339 e. The summed E-state index contributed by atoms with van der Waals surface area (Å²) in [5.41, 5.74) is 2.77. The molecule has 0 saturated carbocycles. The van der Waals surface area contributed by atoms with E-state index >= 15 is 0 Å². The van der Waals surface area contributed by atoms with Gasteiger partial charge in [0.2, 0.25) is 0 Å². The van der Waals surface area contributed by atoms with Crippen molar-refractivity contribution in [3.8, 4) is 5.69 Å². The first kappa shape index (κ1) is 11.9. The number of aromatic nitrogens is 2. The molecule has 4 nitrogen and oxygen atoms in total.